The lowest BCUT2D eigenvalue weighted by Crippen LogP contribution is -2.20. The van der Waals surface area contributed by atoms with Crippen molar-refractivity contribution in [2.24, 2.45) is 17.8 Å². The van der Waals surface area contributed by atoms with Crippen LogP contribution in [0.5, 0.6) is 0 Å². The maximum absolute atomic E-state index is 4.47. The van der Waals surface area contributed by atoms with Gasteiger partial charge in [-0.05, 0) is 29.4 Å². The lowest BCUT2D eigenvalue weighted by atomic mass is 9.80. The maximum Gasteiger partial charge on any atom is -0.000875 e. The summed E-state index contributed by atoms with van der Waals surface area (Å²) in [5.41, 5.74) is 0. The van der Waals surface area contributed by atoms with E-state index in [1.165, 1.54) is 12.8 Å². The first-order valence-corrected chi connectivity index (χ1v) is 5.68. The Bertz CT molecular complexity index is 108. The maximum atomic E-state index is 4.47. The summed E-state index contributed by atoms with van der Waals surface area (Å²) in [7, 11) is 0. The third-order valence-electron chi connectivity index (χ3n) is 2.84. The second kappa shape index (κ2) is 5.90. The summed E-state index contributed by atoms with van der Waals surface area (Å²) in [5.74, 6) is 2.50. The summed E-state index contributed by atoms with van der Waals surface area (Å²) in [6.07, 6.45) is 2.55. The molecule has 0 rings (SSSR count). The average molecular weight is 188 g/mol. The second-order valence-electron chi connectivity index (χ2n) is 4.38. The van der Waals surface area contributed by atoms with Crippen LogP contribution in [0.4, 0.5) is 0 Å². The highest BCUT2D eigenvalue weighted by atomic mass is 32.1. The van der Waals surface area contributed by atoms with Gasteiger partial charge in [0.1, 0.15) is 0 Å². The van der Waals surface area contributed by atoms with Gasteiger partial charge in [0.25, 0.3) is 0 Å². The van der Waals surface area contributed by atoms with Crippen LogP contribution < -0.4 is 0 Å². The molecule has 0 aliphatic rings. The molecule has 0 fully saturated rings. The molecule has 0 aromatic carbocycles. The Kier molecular flexibility index (Phi) is 6.08. The lowest BCUT2D eigenvalue weighted by Gasteiger charge is -2.28. The number of hydrogen-bond acceptors (Lipinski definition) is 1. The average Bonchev–Trinajstić information content (AvgIpc) is 1.98. The topological polar surface area (TPSA) is 0 Å². The van der Waals surface area contributed by atoms with E-state index in [0.717, 1.165) is 17.8 Å². The van der Waals surface area contributed by atoms with Crippen molar-refractivity contribution in [1.29, 1.82) is 0 Å². The van der Waals surface area contributed by atoms with E-state index in [1.54, 1.807) is 0 Å². The van der Waals surface area contributed by atoms with Gasteiger partial charge in [0.2, 0.25) is 0 Å². The van der Waals surface area contributed by atoms with Crippen LogP contribution in [0.3, 0.4) is 0 Å². The highest BCUT2D eigenvalue weighted by molar-refractivity contribution is 7.80. The Hall–Kier alpha value is 0.350. The number of thiol groups is 1. The van der Waals surface area contributed by atoms with Crippen molar-refractivity contribution in [1.82, 2.24) is 0 Å². The Morgan fingerprint density at radius 2 is 1.58 bits per heavy atom. The van der Waals surface area contributed by atoms with Gasteiger partial charge in [-0.1, -0.05) is 41.0 Å². The van der Waals surface area contributed by atoms with Crippen LogP contribution in [0.2, 0.25) is 0 Å². The van der Waals surface area contributed by atoms with Gasteiger partial charge in [0.05, 0.1) is 0 Å². The number of hydrogen-bond donors (Lipinski definition) is 1. The first-order chi connectivity index (χ1) is 5.49. The Morgan fingerprint density at radius 1 is 1.08 bits per heavy atom. The van der Waals surface area contributed by atoms with Gasteiger partial charge < -0.3 is 0 Å². The Labute approximate surface area is 83.5 Å². The quantitative estimate of drug-likeness (QED) is 0.619. The van der Waals surface area contributed by atoms with E-state index in [-0.39, 0.29) is 0 Å². The molecule has 0 spiro atoms. The molecule has 0 N–H and O–H groups in total. The van der Waals surface area contributed by atoms with Crippen molar-refractivity contribution in [3.8, 4) is 0 Å². The lowest BCUT2D eigenvalue weighted by molar-refractivity contribution is 0.248. The molecule has 12 heavy (non-hydrogen) atoms. The molecule has 0 aromatic rings. The smallest absolute Gasteiger partial charge is 0.000875 e. The molecule has 0 aliphatic carbocycles. The molecule has 0 amide bonds. The molecule has 0 radical (unpaired) electrons. The van der Waals surface area contributed by atoms with Crippen LogP contribution in [-0.2, 0) is 0 Å². The van der Waals surface area contributed by atoms with Crippen LogP contribution in [0.1, 0.15) is 47.5 Å². The molecule has 74 valence electrons. The van der Waals surface area contributed by atoms with Gasteiger partial charge in [0, 0.05) is 0 Å². The van der Waals surface area contributed by atoms with E-state index in [1.807, 2.05) is 0 Å². The zero-order chi connectivity index (χ0) is 9.72. The fourth-order valence-corrected chi connectivity index (χ4v) is 2.10. The molecular formula is C11H24S. The molecule has 0 saturated carbocycles. The molecule has 0 saturated heterocycles. The van der Waals surface area contributed by atoms with E-state index in [2.05, 4.69) is 47.2 Å². The summed E-state index contributed by atoms with van der Waals surface area (Å²) in [4.78, 5) is 0. The highest BCUT2D eigenvalue weighted by Gasteiger charge is 2.20. The van der Waals surface area contributed by atoms with Gasteiger partial charge in [-0.15, -0.1) is 0 Å². The van der Waals surface area contributed by atoms with Crippen molar-refractivity contribution >= 4 is 12.6 Å². The van der Waals surface area contributed by atoms with Crippen molar-refractivity contribution in [2.75, 3.05) is 0 Å². The largest absolute Gasteiger partial charge is 0.176 e. The molecule has 0 heterocycles. The Balaban J connectivity index is 4.03. The van der Waals surface area contributed by atoms with E-state index in [4.69, 9.17) is 0 Å². The number of rotatable bonds is 5. The highest BCUT2D eigenvalue weighted by Crippen LogP contribution is 2.28. The molecule has 0 aliphatic heterocycles. The van der Waals surface area contributed by atoms with Gasteiger partial charge in [-0.2, -0.15) is 12.6 Å². The SMILES string of the molecule is CCC(C)C(CC(C)S)C(C)C. The van der Waals surface area contributed by atoms with Crippen LogP contribution in [0.15, 0.2) is 0 Å². The molecule has 3 unspecified atom stereocenters. The van der Waals surface area contributed by atoms with E-state index >= 15 is 0 Å². The summed E-state index contributed by atoms with van der Waals surface area (Å²) in [6.45, 7) is 11.5. The fourth-order valence-electron chi connectivity index (χ4n) is 1.86. The van der Waals surface area contributed by atoms with Gasteiger partial charge in [-0.25, -0.2) is 0 Å². The van der Waals surface area contributed by atoms with Crippen LogP contribution in [-0.4, -0.2) is 5.25 Å². The van der Waals surface area contributed by atoms with Crippen LogP contribution >= 0.6 is 12.6 Å². The van der Waals surface area contributed by atoms with E-state index < -0.39 is 0 Å². The molecule has 0 aromatic heterocycles. The predicted octanol–water partition coefficient (Wildman–Crippen LogP) is 4.01. The molecule has 3 atom stereocenters. The van der Waals surface area contributed by atoms with Gasteiger partial charge in [-0.3, -0.25) is 0 Å². The minimum atomic E-state index is 0.548. The molecule has 1 heteroatoms. The van der Waals surface area contributed by atoms with Crippen molar-refractivity contribution in [3.05, 3.63) is 0 Å². The monoisotopic (exact) mass is 188 g/mol. The van der Waals surface area contributed by atoms with Gasteiger partial charge in [0.15, 0.2) is 0 Å². The summed E-state index contributed by atoms with van der Waals surface area (Å²) < 4.78 is 0. The summed E-state index contributed by atoms with van der Waals surface area (Å²) in [5, 5.41) is 0.548. The second-order valence-corrected chi connectivity index (χ2v) is 5.26. The summed E-state index contributed by atoms with van der Waals surface area (Å²) in [6, 6.07) is 0. The van der Waals surface area contributed by atoms with Crippen molar-refractivity contribution in [3.63, 3.8) is 0 Å². The standard InChI is InChI=1S/C11H24S/c1-6-9(4)11(8(2)3)7-10(5)12/h8-12H,6-7H2,1-5H3. The molecular weight excluding hydrogens is 164 g/mol. The Morgan fingerprint density at radius 3 is 1.83 bits per heavy atom. The van der Waals surface area contributed by atoms with Crippen molar-refractivity contribution < 1.29 is 0 Å². The zero-order valence-corrected chi connectivity index (χ0v) is 10.1. The van der Waals surface area contributed by atoms with E-state index in [9.17, 15) is 0 Å². The summed E-state index contributed by atoms with van der Waals surface area (Å²) >= 11 is 4.47. The van der Waals surface area contributed by atoms with Gasteiger partial charge >= 0.3 is 0 Å². The zero-order valence-electron chi connectivity index (χ0n) is 9.17. The minimum absolute atomic E-state index is 0.548. The first kappa shape index (κ1) is 12.3. The predicted molar refractivity (Wildman–Crippen MR) is 60.8 cm³/mol. The fraction of sp³-hybridized carbons (Fsp3) is 1.00. The first-order valence-electron chi connectivity index (χ1n) is 5.17. The molecule has 0 bridgehead atoms. The third kappa shape index (κ3) is 4.39. The molecule has 0 nitrogen and oxygen atoms in total. The van der Waals surface area contributed by atoms with Crippen molar-refractivity contribution in [2.45, 2.75) is 52.7 Å². The third-order valence-corrected chi connectivity index (χ3v) is 3.06. The van der Waals surface area contributed by atoms with E-state index in [0.29, 0.717) is 5.25 Å². The van der Waals surface area contributed by atoms with Crippen LogP contribution in [0, 0.1) is 17.8 Å². The normalized spacial score (nSPS) is 19.2. The van der Waals surface area contributed by atoms with Crippen LogP contribution in [0.25, 0.3) is 0 Å². The minimum Gasteiger partial charge on any atom is -0.176 e.